The number of benzene rings is 1. The van der Waals surface area contributed by atoms with Gasteiger partial charge >= 0.3 is 0 Å². The second-order valence-electron chi connectivity index (χ2n) is 5.67. The highest BCUT2D eigenvalue weighted by Crippen LogP contribution is 2.33. The molecule has 2 unspecified atom stereocenters. The van der Waals surface area contributed by atoms with Crippen LogP contribution in [-0.2, 0) is 4.84 Å². The van der Waals surface area contributed by atoms with Crippen molar-refractivity contribution in [2.24, 2.45) is 16.8 Å². The number of amidine groups is 1. The van der Waals surface area contributed by atoms with Gasteiger partial charge in [-0.25, -0.2) is 19.3 Å². The van der Waals surface area contributed by atoms with Crippen molar-refractivity contribution in [2.45, 2.75) is 13.8 Å². The minimum atomic E-state index is -1.28. The molecular formula is C17H17BrClF2N3O2. The fraction of sp³-hybridized carbons (Fsp3) is 0.294. The molecule has 0 aromatic heterocycles. The van der Waals surface area contributed by atoms with E-state index in [0.717, 1.165) is 10.5 Å². The monoisotopic (exact) mass is 447 g/mol. The number of hydrogen-bond donors (Lipinski definition) is 2. The first kappa shape index (κ1) is 20.5. The van der Waals surface area contributed by atoms with Gasteiger partial charge in [-0.2, -0.15) is 0 Å². The smallest absolute Gasteiger partial charge is 0.277 e. The Bertz CT molecular complexity index is 799. The molecule has 1 amide bonds. The van der Waals surface area contributed by atoms with Gasteiger partial charge in [-0.1, -0.05) is 47.5 Å². The van der Waals surface area contributed by atoms with E-state index in [2.05, 4.69) is 38.3 Å². The van der Waals surface area contributed by atoms with Gasteiger partial charge in [0.15, 0.2) is 11.6 Å². The number of carbonyl (C=O) groups excluding carboxylic acids is 1. The molecule has 5 nitrogen and oxygen atoms in total. The maximum absolute atomic E-state index is 14.5. The Morgan fingerprint density at radius 1 is 1.42 bits per heavy atom. The van der Waals surface area contributed by atoms with E-state index in [1.165, 1.54) is 6.08 Å². The number of aliphatic imine (C=N–C) groups is 1. The van der Waals surface area contributed by atoms with Crippen LogP contribution in [0.3, 0.4) is 0 Å². The summed E-state index contributed by atoms with van der Waals surface area (Å²) in [6.45, 7) is 7.32. The van der Waals surface area contributed by atoms with Crippen LogP contribution in [0.25, 0.3) is 0 Å². The van der Waals surface area contributed by atoms with E-state index in [-0.39, 0.29) is 29.7 Å². The summed E-state index contributed by atoms with van der Waals surface area (Å²) >= 11 is 9.09. The Balaban J connectivity index is 2.42. The van der Waals surface area contributed by atoms with Crippen molar-refractivity contribution < 1.29 is 18.4 Å². The van der Waals surface area contributed by atoms with Crippen molar-refractivity contribution in [1.29, 1.82) is 0 Å². The highest BCUT2D eigenvalue weighted by atomic mass is 79.9. The van der Waals surface area contributed by atoms with E-state index in [4.69, 9.17) is 16.4 Å². The summed E-state index contributed by atoms with van der Waals surface area (Å²) in [5.74, 6) is -2.98. The Labute approximate surface area is 163 Å². The van der Waals surface area contributed by atoms with E-state index >= 15 is 0 Å². The molecule has 1 heterocycles. The van der Waals surface area contributed by atoms with Crippen molar-refractivity contribution in [3.63, 3.8) is 0 Å². The SMILES string of the molecule is C=CCONC(=O)c1cc(Cl)c(F)c(F)c1NC1=NC=C(Br)C(C)C1C. The average molecular weight is 449 g/mol. The zero-order valence-corrected chi connectivity index (χ0v) is 16.4. The van der Waals surface area contributed by atoms with Gasteiger partial charge in [-0.15, -0.1) is 6.58 Å². The van der Waals surface area contributed by atoms with Crippen LogP contribution >= 0.6 is 27.5 Å². The van der Waals surface area contributed by atoms with Crippen LogP contribution in [0.1, 0.15) is 24.2 Å². The lowest BCUT2D eigenvalue weighted by molar-refractivity contribution is 0.0422. The molecule has 2 N–H and O–H groups in total. The number of nitrogens with zero attached hydrogens (tertiary/aromatic N) is 1. The first-order valence-electron chi connectivity index (χ1n) is 7.68. The highest BCUT2D eigenvalue weighted by molar-refractivity contribution is 9.11. The predicted molar refractivity (Wildman–Crippen MR) is 101 cm³/mol. The van der Waals surface area contributed by atoms with Gasteiger partial charge in [0.05, 0.1) is 22.9 Å². The molecule has 0 saturated heterocycles. The fourth-order valence-corrected chi connectivity index (χ4v) is 2.92. The standard InChI is InChI=1S/C17H17BrClF2N3O2/c1-4-5-26-24-17(25)10-6-12(19)13(20)14(21)15(10)23-16-9(3)8(2)11(18)7-22-16/h4,6-9H,1,5H2,2-3H3,(H,22,23)(H,24,25). The van der Waals surface area contributed by atoms with E-state index < -0.39 is 22.6 Å². The molecular weight excluding hydrogens is 432 g/mol. The largest absolute Gasteiger partial charge is 0.340 e. The third-order valence-corrected chi connectivity index (χ3v) is 5.17. The minimum Gasteiger partial charge on any atom is -0.340 e. The zero-order chi connectivity index (χ0) is 19.4. The normalized spacial score (nSPS) is 19.5. The summed E-state index contributed by atoms with van der Waals surface area (Å²) in [4.78, 5) is 21.3. The van der Waals surface area contributed by atoms with Crippen molar-refractivity contribution in [2.75, 3.05) is 11.9 Å². The molecule has 0 aliphatic carbocycles. The molecule has 9 heteroatoms. The molecule has 1 aromatic rings. The van der Waals surface area contributed by atoms with Crippen LogP contribution in [0.2, 0.25) is 5.02 Å². The van der Waals surface area contributed by atoms with Crippen molar-refractivity contribution in [3.05, 3.63) is 51.6 Å². The number of halogens is 4. The molecule has 2 rings (SSSR count). The van der Waals surface area contributed by atoms with Gasteiger partial charge in [0, 0.05) is 16.6 Å². The number of carbonyl (C=O) groups is 1. The van der Waals surface area contributed by atoms with Gasteiger partial charge < -0.3 is 5.32 Å². The first-order chi connectivity index (χ1) is 12.3. The van der Waals surface area contributed by atoms with Gasteiger partial charge in [-0.3, -0.25) is 9.63 Å². The van der Waals surface area contributed by atoms with Gasteiger partial charge in [0.25, 0.3) is 5.91 Å². The quantitative estimate of drug-likeness (QED) is 0.294. The second-order valence-corrected chi connectivity index (χ2v) is 6.99. The molecule has 0 spiro atoms. The lowest BCUT2D eigenvalue weighted by Crippen LogP contribution is -2.31. The molecule has 1 aromatic carbocycles. The molecule has 26 heavy (non-hydrogen) atoms. The number of allylic oxidation sites excluding steroid dienone is 1. The van der Waals surface area contributed by atoms with Crippen LogP contribution in [0, 0.1) is 23.5 Å². The number of anilines is 1. The lowest BCUT2D eigenvalue weighted by Gasteiger charge is -2.26. The Morgan fingerprint density at radius 3 is 2.77 bits per heavy atom. The molecule has 140 valence electrons. The summed E-state index contributed by atoms with van der Waals surface area (Å²) in [6.07, 6.45) is 2.99. The second kappa shape index (κ2) is 8.75. The Morgan fingerprint density at radius 2 is 2.12 bits per heavy atom. The molecule has 2 atom stereocenters. The predicted octanol–water partition coefficient (Wildman–Crippen LogP) is 4.80. The van der Waals surface area contributed by atoms with Crippen molar-refractivity contribution in [3.8, 4) is 0 Å². The van der Waals surface area contributed by atoms with Crippen molar-refractivity contribution >= 4 is 45.0 Å². The molecule has 1 aliphatic heterocycles. The number of hydroxylamine groups is 1. The molecule has 0 saturated carbocycles. The Kier molecular flexibility index (Phi) is 6.91. The van der Waals surface area contributed by atoms with Crippen LogP contribution in [-0.4, -0.2) is 18.3 Å². The van der Waals surface area contributed by atoms with E-state index in [1.807, 2.05) is 13.8 Å². The van der Waals surface area contributed by atoms with Crippen LogP contribution in [0.15, 0.2) is 34.4 Å². The van der Waals surface area contributed by atoms with E-state index in [0.29, 0.717) is 5.84 Å². The van der Waals surface area contributed by atoms with Crippen molar-refractivity contribution in [1.82, 2.24) is 5.48 Å². The average Bonchev–Trinajstić information content (AvgIpc) is 2.62. The number of rotatable bonds is 5. The summed E-state index contributed by atoms with van der Waals surface area (Å²) < 4.78 is 29.3. The van der Waals surface area contributed by atoms with Gasteiger partial charge in [-0.05, 0) is 12.0 Å². The highest BCUT2D eigenvalue weighted by Gasteiger charge is 2.28. The van der Waals surface area contributed by atoms with Gasteiger partial charge in [0.1, 0.15) is 5.84 Å². The topological polar surface area (TPSA) is 62.7 Å². The van der Waals surface area contributed by atoms with E-state index in [9.17, 15) is 13.6 Å². The summed E-state index contributed by atoms with van der Waals surface area (Å²) in [7, 11) is 0. The Hall–Kier alpha value is -1.77. The van der Waals surface area contributed by atoms with Crippen LogP contribution in [0.4, 0.5) is 14.5 Å². The lowest BCUT2D eigenvalue weighted by atomic mass is 9.92. The van der Waals surface area contributed by atoms with Gasteiger partial charge in [0.2, 0.25) is 0 Å². The van der Waals surface area contributed by atoms with Crippen LogP contribution in [0.5, 0.6) is 0 Å². The summed E-state index contributed by atoms with van der Waals surface area (Å²) in [5, 5.41) is 2.22. The number of nitrogens with one attached hydrogen (secondary N) is 2. The maximum Gasteiger partial charge on any atom is 0.277 e. The number of hydrogen-bond acceptors (Lipinski definition) is 4. The fourth-order valence-electron chi connectivity index (χ4n) is 2.23. The summed E-state index contributed by atoms with van der Waals surface area (Å²) in [5.41, 5.74) is 1.54. The summed E-state index contributed by atoms with van der Waals surface area (Å²) in [6, 6.07) is 1.03. The first-order valence-corrected chi connectivity index (χ1v) is 8.85. The number of amides is 1. The molecule has 0 radical (unpaired) electrons. The third kappa shape index (κ3) is 4.31. The zero-order valence-electron chi connectivity index (χ0n) is 14.1. The third-order valence-electron chi connectivity index (χ3n) is 3.97. The van der Waals surface area contributed by atoms with Crippen LogP contribution < -0.4 is 10.8 Å². The maximum atomic E-state index is 14.5. The van der Waals surface area contributed by atoms with E-state index in [1.54, 1.807) is 6.20 Å². The minimum absolute atomic E-state index is 0.0476. The molecule has 0 bridgehead atoms. The molecule has 1 aliphatic rings. The molecule has 0 fully saturated rings.